The largest absolute Gasteiger partial charge is 0.394 e. The molecule has 0 aliphatic carbocycles. The highest BCUT2D eigenvalue weighted by atomic mass is 35.5. The Labute approximate surface area is 83.0 Å². The van der Waals surface area contributed by atoms with Crippen LogP contribution in [0.3, 0.4) is 0 Å². The van der Waals surface area contributed by atoms with Gasteiger partial charge in [0.1, 0.15) is 0 Å². The molecule has 0 saturated carbocycles. The van der Waals surface area contributed by atoms with E-state index >= 15 is 0 Å². The number of hydrogen-bond donors (Lipinski definition) is 2. The Morgan fingerprint density at radius 2 is 2.23 bits per heavy atom. The van der Waals surface area contributed by atoms with Crippen molar-refractivity contribution < 1.29 is 4.84 Å². The first-order chi connectivity index (χ1) is 6.24. The van der Waals surface area contributed by atoms with Crippen LogP contribution in [0.4, 0.5) is 0 Å². The van der Waals surface area contributed by atoms with Gasteiger partial charge in [-0.2, -0.15) is 0 Å². The minimum absolute atomic E-state index is 0.691. The molecule has 0 aromatic heterocycles. The van der Waals surface area contributed by atoms with E-state index in [2.05, 4.69) is 11.0 Å². The highest BCUT2D eigenvalue weighted by Gasteiger charge is 1.97. The van der Waals surface area contributed by atoms with Crippen LogP contribution < -0.4 is 15.9 Å². The molecule has 0 amide bonds. The quantitative estimate of drug-likeness (QED) is 0.577. The summed E-state index contributed by atoms with van der Waals surface area (Å²) in [7, 11) is 0. The predicted octanol–water partition coefficient (Wildman–Crippen LogP) is 2.06. The lowest BCUT2D eigenvalue weighted by Gasteiger charge is -2.07. The number of hydrazine groups is 1. The van der Waals surface area contributed by atoms with Crippen LogP contribution in [0.25, 0.3) is 0 Å². The molecule has 0 fully saturated rings. The minimum atomic E-state index is 0.691. The van der Waals surface area contributed by atoms with Crippen LogP contribution in [-0.2, 0) is 0 Å². The maximum atomic E-state index is 5.90. The van der Waals surface area contributed by atoms with Gasteiger partial charge in [-0.1, -0.05) is 30.2 Å². The van der Waals surface area contributed by atoms with Crippen molar-refractivity contribution in [3.8, 4) is 5.75 Å². The van der Waals surface area contributed by atoms with Crippen molar-refractivity contribution in [2.75, 3.05) is 6.54 Å². The molecule has 1 aromatic rings. The molecule has 1 aromatic carbocycles. The molecule has 0 aliphatic heterocycles. The topological polar surface area (TPSA) is 33.3 Å². The second kappa shape index (κ2) is 5.07. The summed E-state index contributed by atoms with van der Waals surface area (Å²) in [6.07, 6.45) is 0. The Morgan fingerprint density at radius 1 is 1.46 bits per heavy atom. The molecule has 72 valence electrons. The van der Waals surface area contributed by atoms with Crippen molar-refractivity contribution in [2.45, 2.75) is 13.8 Å². The van der Waals surface area contributed by atoms with Crippen LogP contribution in [0.1, 0.15) is 12.5 Å². The number of nitrogens with one attached hydrogen (secondary N) is 2. The van der Waals surface area contributed by atoms with Gasteiger partial charge in [0.05, 0.1) is 0 Å². The number of halogens is 1. The maximum absolute atomic E-state index is 5.90. The van der Waals surface area contributed by atoms with Gasteiger partial charge in [-0.05, 0) is 18.6 Å². The fourth-order valence-electron chi connectivity index (χ4n) is 0.804. The van der Waals surface area contributed by atoms with Gasteiger partial charge in [0.2, 0.25) is 0 Å². The SMILES string of the molecule is CCNNOc1ccc(C)c(Cl)c1. The average Bonchev–Trinajstić information content (AvgIpc) is 2.12. The Bertz CT molecular complexity index is 278. The summed E-state index contributed by atoms with van der Waals surface area (Å²) in [6.45, 7) is 4.71. The van der Waals surface area contributed by atoms with Gasteiger partial charge in [-0.25, -0.2) is 5.43 Å². The smallest absolute Gasteiger partial charge is 0.150 e. The third-order valence-electron chi connectivity index (χ3n) is 1.56. The highest BCUT2D eigenvalue weighted by molar-refractivity contribution is 6.31. The summed E-state index contributed by atoms with van der Waals surface area (Å²) in [6, 6.07) is 5.53. The van der Waals surface area contributed by atoms with E-state index in [1.165, 1.54) is 0 Å². The molecule has 0 unspecified atom stereocenters. The van der Waals surface area contributed by atoms with Crippen molar-refractivity contribution in [3.63, 3.8) is 0 Å². The molecule has 0 heterocycles. The van der Waals surface area contributed by atoms with Crippen molar-refractivity contribution in [2.24, 2.45) is 0 Å². The lowest BCUT2D eigenvalue weighted by molar-refractivity contribution is 0.152. The summed E-state index contributed by atoms with van der Waals surface area (Å²) >= 11 is 5.90. The zero-order valence-electron chi connectivity index (χ0n) is 7.73. The molecule has 0 spiro atoms. The standard InChI is InChI=1S/C9H13ClN2O/c1-3-11-12-13-8-5-4-7(2)9(10)6-8/h4-6,11-12H,3H2,1-2H3. The highest BCUT2D eigenvalue weighted by Crippen LogP contribution is 2.20. The first kappa shape index (κ1) is 10.3. The summed E-state index contributed by atoms with van der Waals surface area (Å²) < 4.78 is 0. The zero-order chi connectivity index (χ0) is 9.68. The first-order valence-corrected chi connectivity index (χ1v) is 4.52. The van der Waals surface area contributed by atoms with E-state index in [9.17, 15) is 0 Å². The van der Waals surface area contributed by atoms with E-state index in [4.69, 9.17) is 16.4 Å². The summed E-state index contributed by atoms with van der Waals surface area (Å²) in [4.78, 5) is 5.14. The molecular weight excluding hydrogens is 188 g/mol. The number of benzene rings is 1. The van der Waals surface area contributed by atoms with Crippen LogP contribution in [-0.4, -0.2) is 6.54 Å². The van der Waals surface area contributed by atoms with Gasteiger partial charge < -0.3 is 4.84 Å². The van der Waals surface area contributed by atoms with Crippen LogP contribution in [0.5, 0.6) is 5.75 Å². The molecule has 0 aliphatic rings. The van der Waals surface area contributed by atoms with Crippen molar-refractivity contribution in [1.82, 2.24) is 11.0 Å². The third kappa shape index (κ3) is 3.22. The Hall–Kier alpha value is -0.770. The summed E-state index contributed by atoms with van der Waals surface area (Å²) in [5.74, 6) is 0.691. The van der Waals surface area contributed by atoms with Gasteiger partial charge in [0.15, 0.2) is 5.75 Å². The number of aryl methyl sites for hydroxylation is 1. The Balaban J connectivity index is 2.53. The number of hydrogen-bond acceptors (Lipinski definition) is 3. The average molecular weight is 201 g/mol. The lowest BCUT2D eigenvalue weighted by atomic mass is 10.2. The second-order valence-electron chi connectivity index (χ2n) is 2.65. The molecule has 0 saturated heterocycles. The van der Waals surface area contributed by atoms with Crippen LogP contribution in [0.2, 0.25) is 5.02 Å². The first-order valence-electron chi connectivity index (χ1n) is 4.15. The van der Waals surface area contributed by atoms with Crippen LogP contribution >= 0.6 is 11.6 Å². The molecule has 2 N–H and O–H groups in total. The van der Waals surface area contributed by atoms with Crippen molar-refractivity contribution in [1.29, 1.82) is 0 Å². The Morgan fingerprint density at radius 3 is 2.85 bits per heavy atom. The lowest BCUT2D eigenvalue weighted by Crippen LogP contribution is -2.34. The third-order valence-corrected chi connectivity index (χ3v) is 1.97. The Kier molecular flexibility index (Phi) is 4.02. The molecule has 4 heteroatoms. The molecule has 1 rings (SSSR count). The fourth-order valence-corrected chi connectivity index (χ4v) is 0.975. The number of rotatable bonds is 4. The molecule has 0 radical (unpaired) electrons. The van der Waals surface area contributed by atoms with E-state index in [1.807, 2.05) is 26.0 Å². The van der Waals surface area contributed by atoms with Gasteiger partial charge >= 0.3 is 0 Å². The van der Waals surface area contributed by atoms with E-state index in [0.717, 1.165) is 12.1 Å². The molecule has 3 nitrogen and oxygen atoms in total. The van der Waals surface area contributed by atoms with Crippen molar-refractivity contribution in [3.05, 3.63) is 28.8 Å². The minimum Gasteiger partial charge on any atom is -0.394 e. The molecule has 0 atom stereocenters. The van der Waals surface area contributed by atoms with Crippen LogP contribution in [0, 0.1) is 6.92 Å². The van der Waals surface area contributed by atoms with E-state index in [-0.39, 0.29) is 0 Å². The van der Waals surface area contributed by atoms with E-state index in [1.54, 1.807) is 6.07 Å². The van der Waals surface area contributed by atoms with E-state index < -0.39 is 0 Å². The normalized spacial score (nSPS) is 10.1. The van der Waals surface area contributed by atoms with Crippen LogP contribution in [0.15, 0.2) is 18.2 Å². The molecule has 13 heavy (non-hydrogen) atoms. The molecule has 0 bridgehead atoms. The molecular formula is C9H13ClN2O. The summed E-state index contributed by atoms with van der Waals surface area (Å²) in [5.41, 5.74) is 6.44. The van der Waals surface area contributed by atoms with Gasteiger partial charge in [0, 0.05) is 17.6 Å². The predicted molar refractivity (Wildman–Crippen MR) is 53.6 cm³/mol. The van der Waals surface area contributed by atoms with Gasteiger partial charge in [-0.15, -0.1) is 0 Å². The monoisotopic (exact) mass is 200 g/mol. The maximum Gasteiger partial charge on any atom is 0.150 e. The fraction of sp³-hybridized carbons (Fsp3) is 0.333. The summed E-state index contributed by atoms with van der Waals surface area (Å²) in [5, 5.41) is 0.704. The zero-order valence-corrected chi connectivity index (χ0v) is 8.48. The van der Waals surface area contributed by atoms with Gasteiger partial charge in [0.25, 0.3) is 0 Å². The second-order valence-corrected chi connectivity index (χ2v) is 3.05. The van der Waals surface area contributed by atoms with E-state index in [0.29, 0.717) is 10.8 Å². The van der Waals surface area contributed by atoms with Gasteiger partial charge in [-0.3, -0.25) is 0 Å². The van der Waals surface area contributed by atoms with Crippen molar-refractivity contribution >= 4 is 11.6 Å².